The van der Waals surface area contributed by atoms with E-state index in [2.05, 4.69) is 46.0 Å². The van der Waals surface area contributed by atoms with Gasteiger partial charge in [-0.3, -0.25) is 33.6 Å². The summed E-state index contributed by atoms with van der Waals surface area (Å²) in [6, 6.07) is -72.6. The Morgan fingerprint density at radius 3 is 2.00 bits per heavy atom. The second kappa shape index (κ2) is 27.5. The molecule has 0 aromatic heterocycles. The molecule has 0 radical (unpaired) electrons. The van der Waals surface area contributed by atoms with Crippen LogP contribution in [-0.4, -0.2) is 208 Å². The van der Waals surface area contributed by atoms with Gasteiger partial charge in [-0.05, 0) is 84.1 Å². The zero-order chi connectivity index (χ0) is 123. The van der Waals surface area contributed by atoms with Crippen molar-refractivity contribution in [1.82, 2.24) is 36.3 Å². The molecule has 3 aliphatic heterocycles. The molecule has 0 unspecified atom stereocenters. The van der Waals surface area contributed by atoms with Crippen molar-refractivity contribution in [3.63, 3.8) is 0 Å². The van der Waals surface area contributed by atoms with E-state index >= 15 is 33.6 Å². The number of fused-ring (bicyclic) bond motifs is 2. The number of phenolic OH excluding ortho intramolecular Hbond substituents is 1. The molecule has 3 aliphatic rings. The zero-order valence-electron chi connectivity index (χ0n) is 112. The van der Waals surface area contributed by atoms with Crippen molar-refractivity contribution in [2.45, 2.75) is 144 Å². The van der Waals surface area contributed by atoms with Crippen LogP contribution >= 0.6 is 0 Å². The number of hydrogen-bond donors (Lipinski definition) is 14. The smallest absolute Gasteiger partial charge is 0.293 e. The SMILES string of the molecule is [2H]Oc1c([2H])c([2H])c([C@]([2H])(O[2H])[C@@]([2H])(O[2H])[C@]2([2H])C(=O)N([2H])[C@@]([2H])([C@]([2H])(O[2H])C([2H])([2H])[2H])C(=O)N3C([2H])([2H])[C@]([2H])(C([2H])([2H])[2H])[C@]([2H])(O[2H])[C@@]3([2H])C(=O)N([2H])[C@]([2H])(O[2H])[C@]([2H])(O[2H])C([2H])([2H])[C@]([2H])(N([2H])C(=O)c3c([2H])c([2H])c(-c4c([2H])c([2H])c(-c5c([2H])c([2H])c(OC([2H])([2H])C([2H])([2H])C([2H])([2H])C([2H])([2H])C([2H])([2H])[2H])c([2H])c5[2H])c([2H])c4[2H])c([2H])c3[2H])C(=O)N([2H])[C@@]([2H])([C@]([2H])(O[2H])C([2H])([2H])[2H])C(=O)N3C([2H])([2H])[C@]([2H])(O[2H])C([2H])([2H])[C@@]3([2H])C(=O)N2[2H])c([2H])c1[2H]. The van der Waals surface area contributed by atoms with Crippen LogP contribution in [0.15, 0.2) is 96.7 Å². The maximum atomic E-state index is 16.7. The predicted molar refractivity (Wildman–Crippen MR) is 293 cm³/mol. The summed E-state index contributed by atoms with van der Waals surface area (Å²) in [5, 5.41) is 23.2. The quantitative estimate of drug-likeness (QED) is 0.0427. The van der Waals surface area contributed by atoms with E-state index in [0.717, 1.165) is 0 Å². The highest BCUT2D eigenvalue weighted by atomic mass is 16.5. The Morgan fingerprint density at radius 2 is 1.41 bits per heavy atom. The van der Waals surface area contributed by atoms with Gasteiger partial charge in [-0.15, -0.1) is 0 Å². The molecule has 0 bridgehead atoms. The van der Waals surface area contributed by atoms with Crippen LogP contribution in [0.3, 0.4) is 0 Å². The van der Waals surface area contributed by atoms with Gasteiger partial charge in [0.05, 0.1) is 77.5 Å². The number of aromatic hydroxyl groups is 1. The molecular formula is C58H73N7O17. The van der Waals surface area contributed by atoms with Crippen LogP contribution in [0.1, 0.15) is 162 Å². The van der Waals surface area contributed by atoms with E-state index in [4.69, 9.17) is 62.9 Å². The van der Waals surface area contributed by atoms with Crippen molar-refractivity contribution < 1.29 is 172 Å². The normalized spacial score (nSPS) is 55.9. The van der Waals surface area contributed by atoms with E-state index in [-0.39, 0.29) is 0 Å². The van der Waals surface area contributed by atoms with Crippen LogP contribution in [0.25, 0.3) is 22.3 Å². The fourth-order valence-corrected chi connectivity index (χ4v) is 5.69. The van der Waals surface area contributed by atoms with E-state index in [0.29, 0.717) is 0 Å². The molecule has 3 heterocycles. The van der Waals surface area contributed by atoms with E-state index in [1.165, 1.54) is 0 Å². The van der Waals surface area contributed by atoms with Crippen LogP contribution < -0.4 is 31.3 Å². The van der Waals surface area contributed by atoms with Crippen molar-refractivity contribution in [2.24, 2.45) is 5.89 Å². The van der Waals surface area contributed by atoms with E-state index in [1.807, 2.05) is 0 Å². The molecule has 3 saturated heterocycles. The number of nitrogens with one attached hydrogen (secondary N) is 5. The number of rotatable bonds is 23. The molecule has 14 N–H and O–H groups in total. The highest BCUT2D eigenvalue weighted by Gasteiger charge is 2.50. The number of benzene rings is 4. The van der Waals surface area contributed by atoms with Gasteiger partial charge in [-0.25, -0.2) is 0 Å². The summed E-state index contributed by atoms with van der Waals surface area (Å²) in [5.41, 5.74) is -11.8. The molecule has 442 valence electrons. The summed E-state index contributed by atoms with van der Waals surface area (Å²) >= 11 is 0. The van der Waals surface area contributed by atoms with E-state index < -0.39 is 389 Å². The first kappa shape index (κ1) is 17.1. The molecule has 0 saturated carbocycles. The summed E-state index contributed by atoms with van der Waals surface area (Å²) in [7, 11) is 0. The first-order chi connectivity index (χ1) is 69.0. The van der Waals surface area contributed by atoms with E-state index in [1.54, 1.807) is 0 Å². The maximum Gasteiger partial charge on any atom is 0.293 e. The molecule has 4 aromatic carbocycles. The summed E-state index contributed by atoms with van der Waals surface area (Å²) in [6.07, 6.45) is -75.5. The number of aliphatic hydroxyl groups is 8. The Balaban J connectivity index is 1.83. The van der Waals surface area contributed by atoms with Gasteiger partial charge in [0.2, 0.25) is 46.9 Å². The first-order valence-corrected chi connectivity index (χ1v) is 20.8. The molecule has 15 atom stereocenters. The maximum absolute atomic E-state index is 16.7. The standard InChI is InChI=1S/C58H73N7O17/c1-5-6-7-24-82-40-22-18-35(19-23-40)33-10-8-32(9-11-33)34-12-14-37(15-13-34)51(74)59-41-26-43(70)54(77)63-56(79)47-48(71)29(2)27-65(47)58(81)45(31(4)67)61-55(78)46(50(73)49(72)36-16-20-38(68)21-17-36)62-53(76)42-25-39(69)28-64(42)57(80)44(30(3)66)60-52(41)75/h8-23,29-31,39,41-50,54,66-73,77H,5-7,24-28H2,1-4H3,(H,59,74)(H,60,75)(H,61,78)(H,62,76)(H,63,79)/t29-,30+,31+,39+,41-,42-,43+,44-,45-,46+,47-,48-,49-,50-,54+/m0/s1/i1D3,2D3,3D3,4D3,5D2,6D2,7D2,8D,9D,10D,11D,12D,13D,14D,15D,16D,17D,18D,19D,20D,21D,22D,23D,24D2,25D2,26D2,27D2,28D2,29D,30D,31D,39D,41D,42D,43D,44D,45D,46D,47D,48D,49D,50D,54D,66D,67D,69D,70D,71D,72D,73D,77D/hD6. The highest BCUT2D eigenvalue weighted by molar-refractivity contribution is 6.00. The number of carbonyl (C=O) groups excluding carboxylic acids is 7. The predicted octanol–water partition coefficient (Wildman–Crippen LogP) is -0.927. The van der Waals surface area contributed by atoms with Gasteiger partial charge >= 0.3 is 0 Å². The van der Waals surface area contributed by atoms with Crippen molar-refractivity contribution in [1.29, 1.82) is 12.9 Å². The Hall–Kier alpha value is -7.55. The van der Waals surface area contributed by atoms with Crippen molar-refractivity contribution >= 4 is 41.4 Å². The van der Waals surface area contributed by atoms with Gasteiger partial charge < -0.3 is 87.1 Å². The Labute approximate surface area is 576 Å². The number of carbonyl (C=O) groups is 7. The summed E-state index contributed by atoms with van der Waals surface area (Å²) in [6.45, 7) is -37.5. The van der Waals surface area contributed by atoms with Gasteiger partial charge in [0.25, 0.3) is 7.34 Å². The van der Waals surface area contributed by atoms with Crippen LogP contribution in [0, 0.1) is 5.89 Å². The van der Waals surface area contributed by atoms with Crippen molar-refractivity contribution in [3.8, 4) is 33.8 Å². The van der Waals surface area contributed by atoms with Crippen molar-refractivity contribution in [3.05, 3.63) is 108 Å². The Kier molecular flexibility index (Phi) is 5.72. The van der Waals surface area contributed by atoms with Gasteiger partial charge in [-0.2, -0.15) is 0 Å². The Morgan fingerprint density at radius 1 is 0.756 bits per heavy atom. The molecule has 24 heteroatoms. The molecular weight excluding hydrogens is 1070 g/mol. The molecule has 82 heavy (non-hydrogen) atoms. The van der Waals surface area contributed by atoms with E-state index in [9.17, 15) is 42.7 Å². The minimum Gasteiger partial charge on any atom is -0.508 e. The number of ether oxygens (including phenoxy) is 1. The number of amides is 7. The zero-order valence-corrected chi connectivity index (χ0v) is 39.1. The lowest BCUT2D eigenvalue weighted by molar-refractivity contribution is -0.148. The third-order valence-electron chi connectivity index (χ3n) is 9.24. The molecule has 0 aliphatic carbocycles. The lowest BCUT2D eigenvalue weighted by Gasteiger charge is -2.34. The molecule has 4 aromatic rings. The summed E-state index contributed by atoms with van der Waals surface area (Å²) in [4.78, 5) is 111. The van der Waals surface area contributed by atoms with Crippen LogP contribution in [0.4, 0.5) is 0 Å². The Bertz CT molecular complexity index is 6250. The number of hydrogen-bond acceptors (Lipinski definition) is 17. The average Bonchev–Trinajstić information content (AvgIpc) is 1.48. The second-order valence-corrected chi connectivity index (χ2v) is 14.4. The van der Waals surface area contributed by atoms with Gasteiger partial charge in [-0.1, -0.05) is 86.9 Å². The fourth-order valence-electron chi connectivity index (χ4n) is 5.69. The largest absolute Gasteiger partial charge is 0.508 e. The highest BCUT2D eigenvalue weighted by Crippen LogP contribution is 2.30. The van der Waals surface area contributed by atoms with Crippen LogP contribution in [-0.2, 0) is 28.8 Å². The summed E-state index contributed by atoms with van der Waals surface area (Å²) < 4.78 is 651. The number of phenols is 1. The van der Waals surface area contributed by atoms with Gasteiger partial charge in [0, 0.05) is 71.5 Å². The average molecular weight is 1210 g/mol. The van der Waals surface area contributed by atoms with Gasteiger partial charge in [0.15, 0.2) is 13.3 Å². The second-order valence-electron chi connectivity index (χ2n) is 14.4. The molecule has 3 fully saturated rings. The van der Waals surface area contributed by atoms with Crippen LogP contribution in [0.2, 0.25) is 7.06 Å². The minimum atomic E-state index is -6.86. The first-order valence-electron chi connectivity index (χ1n) is 56.2. The molecule has 24 nitrogen and oxygen atoms in total. The molecule has 7 rings (SSSR count). The lowest BCUT2D eigenvalue weighted by Crippen LogP contribution is -2.64. The fraction of sp³-hybridized carbons (Fsp3) is 0.466. The number of nitrogens with zero attached hydrogens (tertiary/aromatic N) is 2. The van der Waals surface area contributed by atoms with Crippen LogP contribution in [0.5, 0.6) is 11.5 Å². The minimum absolute atomic E-state index is 1.49. The topological polar surface area (TPSA) is 377 Å². The molecule has 0 spiro atoms. The monoisotopic (exact) mass is 1210 g/mol. The van der Waals surface area contributed by atoms with Crippen molar-refractivity contribution in [2.75, 3.05) is 19.6 Å². The summed E-state index contributed by atoms with van der Waals surface area (Å²) in [5.74, 6) is -39.5. The molecule has 7 amide bonds. The van der Waals surface area contributed by atoms with Gasteiger partial charge in [0.1, 0.15) is 65.8 Å². The third kappa shape index (κ3) is 14.7. The lowest BCUT2D eigenvalue weighted by atomic mass is 9.96. The third-order valence-corrected chi connectivity index (χ3v) is 9.24.